The summed E-state index contributed by atoms with van der Waals surface area (Å²) in [6.07, 6.45) is 0.260. The van der Waals surface area contributed by atoms with Gasteiger partial charge in [-0.15, -0.1) is 0 Å². The number of hydrogen-bond acceptors (Lipinski definition) is 6. The number of ether oxygens (including phenoxy) is 1. The lowest BCUT2D eigenvalue weighted by atomic mass is 9.82. The minimum Gasteiger partial charge on any atom is -0.393 e. The largest absolute Gasteiger partial charge is 0.433 e. The number of aliphatic hydroxyl groups excluding tert-OH is 1. The first kappa shape index (κ1) is 23.2. The molecule has 2 atom stereocenters. The standard InChI is InChI=1S/C23H26F3N5O2/c1-14-8-15(10-17(9-14)29-21-27-6-4-20(30-21)23(24,25)26)16-11-28-31(12-16)13-18-19(32)5-7-33-22(18,2)3/h4,6,8-12,18-19,32H,5,7,13H2,1-3H3,(H,27,29,30)/t18?,19-/m1/s1. The molecule has 1 aromatic carbocycles. The smallest absolute Gasteiger partial charge is 0.393 e. The first-order valence-electron chi connectivity index (χ1n) is 10.6. The summed E-state index contributed by atoms with van der Waals surface area (Å²) in [5.41, 5.74) is 1.69. The highest BCUT2D eigenvalue weighted by atomic mass is 19.4. The molecule has 2 N–H and O–H groups in total. The number of rotatable bonds is 5. The van der Waals surface area contributed by atoms with Crippen LogP contribution in [-0.4, -0.2) is 43.2 Å². The van der Waals surface area contributed by atoms with Crippen molar-refractivity contribution >= 4 is 11.6 Å². The molecule has 1 fully saturated rings. The SMILES string of the molecule is Cc1cc(Nc2nccc(C(F)(F)F)n2)cc(-c2cnn(CC3[C@H](O)CCOC3(C)C)c2)c1. The lowest BCUT2D eigenvalue weighted by Crippen LogP contribution is -2.48. The fourth-order valence-corrected chi connectivity index (χ4v) is 4.10. The molecular weight excluding hydrogens is 435 g/mol. The van der Waals surface area contributed by atoms with Crippen molar-refractivity contribution in [1.82, 2.24) is 19.7 Å². The van der Waals surface area contributed by atoms with Crippen LogP contribution in [0.25, 0.3) is 11.1 Å². The second-order valence-corrected chi connectivity index (χ2v) is 8.84. The van der Waals surface area contributed by atoms with Crippen LogP contribution < -0.4 is 5.32 Å². The van der Waals surface area contributed by atoms with E-state index in [1.54, 1.807) is 23.0 Å². The van der Waals surface area contributed by atoms with Crippen LogP contribution in [0.4, 0.5) is 24.8 Å². The van der Waals surface area contributed by atoms with Crippen LogP contribution in [0.2, 0.25) is 0 Å². The van der Waals surface area contributed by atoms with Crippen LogP contribution >= 0.6 is 0 Å². The Morgan fingerprint density at radius 2 is 2.03 bits per heavy atom. The minimum absolute atomic E-state index is 0.105. The van der Waals surface area contributed by atoms with Crippen molar-refractivity contribution in [2.24, 2.45) is 5.92 Å². The molecule has 3 heterocycles. The van der Waals surface area contributed by atoms with E-state index in [-0.39, 0.29) is 11.9 Å². The second kappa shape index (κ2) is 8.75. The van der Waals surface area contributed by atoms with E-state index < -0.39 is 23.6 Å². The van der Waals surface area contributed by atoms with Crippen molar-refractivity contribution in [2.45, 2.75) is 51.6 Å². The number of benzene rings is 1. The normalized spacial score (nSPS) is 20.6. The molecule has 3 aromatic rings. The van der Waals surface area contributed by atoms with Crippen LogP contribution in [0.1, 0.15) is 31.5 Å². The number of nitrogens with one attached hydrogen (secondary N) is 1. The summed E-state index contributed by atoms with van der Waals surface area (Å²) >= 11 is 0. The van der Waals surface area contributed by atoms with E-state index in [2.05, 4.69) is 20.4 Å². The number of aryl methyl sites for hydroxylation is 1. The Morgan fingerprint density at radius 1 is 1.24 bits per heavy atom. The molecule has 176 valence electrons. The molecule has 0 radical (unpaired) electrons. The predicted molar refractivity (Wildman–Crippen MR) is 117 cm³/mol. The number of alkyl halides is 3. The van der Waals surface area contributed by atoms with E-state index in [0.29, 0.717) is 25.3 Å². The average Bonchev–Trinajstić information content (AvgIpc) is 3.19. The summed E-state index contributed by atoms with van der Waals surface area (Å²) in [5.74, 6) is -0.239. The number of aromatic nitrogens is 4. The van der Waals surface area contributed by atoms with E-state index in [1.165, 1.54) is 0 Å². The second-order valence-electron chi connectivity index (χ2n) is 8.84. The number of halogens is 3. The highest BCUT2D eigenvalue weighted by Crippen LogP contribution is 2.33. The Bertz CT molecular complexity index is 1130. The maximum Gasteiger partial charge on any atom is 0.433 e. The number of nitrogens with zero attached hydrogens (tertiary/aromatic N) is 4. The van der Waals surface area contributed by atoms with Gasteiger partial charge in [0, 0.05) is 42.7 Å². The molecule has 1 aliphatic rings. The Morgan fingerprint density at radius 3 is 2.76 bits per heavy atom. The Balaban J connectivity index is 1.55. The van der Waals surface area contributed by atoms with Crippen molar-refractivity contribution in [3.8, 4) is 11.1 Å². The minimum atomic E-state index is -4.54. The molecule has 0 aliphatic carbocycles. The molecule has 1 unspecified atom stereocenters. The maximum atomic E-state index is 12.9. The monoisotopic (exact) mass is 461 g/mol. The van der Waals surface area contributed by atoms with Gasteiger partial charge in [0.05, 0.1) is 17.9 Å². The van der Waals surface area contributed by atoms with Gasteiger partial charge in [0.25, 0.3) is 0 Å². The predicted octanol–water partition coefficient (Wildman–Crippen LogP) is 4.59. The van der Waals surface area contributed by atoms with Gasteiger partial charge in [-0.05, 0) is 56.5 Å². The van der Waals surface area contributed by atoms with E-state index in [4.69, 9.17) is 4.74 Å². The van der Waals surface area contributed by atoms with Crippen LogP contribution in [0, 0.1) is 12.8 Å². The van der Waals surface area contributed by atoms with Crippen molar-refractivity contribution in [3.63, 3.8) is 0 Å². The lowest BCUT2D eigenvalue weighted by Gasteiger charge is -2.41. The summed E-state index contributed by atoms with van der Waals surface area (Å²) in [7, 11) is 0. The molecule has 7 nitrogen and oxygen atoms in total. The number of hydrogen-bond donors (Lipinski definition) is 2. The zero-order chi connectivity index (χ0) is 23.8. The zero-order valence-electron chi connectivity index (χ0n) is 18.6. The third-order valence-corrected chi connectivity index (χ3v) is 5.87. The highest BCUT2D eigenvalue weighted by molar-refractivity contribution is 5.70. The molecule has 1 aliphatic heterocycles. The fourth-order valence-electron chi connectivity index (χ4n) is 4.10. The van der Waals surface area contributed by atoms with E-state index in [0.717, 1.165) is 29.0 Å². The summed E-state index contributed by atoms with van der Waals surface area (Å²) in [6.45, 7) is 6.87. The van der Waals surface area contributed by atoms with Crippen molar-refractivity contribution in [3.05, 3.63) is 54.1 Å². The zero-order valence-corrected chi connectivity index (χ0v) is 18.6. The molecule has 10 heteroatoms. The van der Waals surface area contributed by atoms with Crippen LogP contribution in [0.15, 0.2) is 42.9 Å². The highest BCUT2D eigenvalue weighted by Gasteiger charge is 2.39. The van der Waals surface area contributed by atoms with E-state index in [9.17, 15) is 18.3 Å². The van der Waals surface area contributed by atoms with Gasteiger partial charge in [0.2, 0.25) is 5.95 Å². The van der Waals surface area contributed by atoms with Gasteiger partial charge in [0.1, 0.15) is 5.69 Å². The molecule has 1 saturated heterocycles. The van der Waals surface area contributed by atoms with Crippen LogP contribution in [0.3, 0.4) is 0 Å². The maximum absolute atomic E-state index is 12.9. The molecule has 2 aromatic heterocycles. The molecule has 0 amide bonds. The number of aliphatic hydroxyl groups is 1. The van der Waals surface area contributed by atoms with Gasteiger partial charge >= 0.3 is 6.18 Å². The van der Waals surface area contributed by atoms with Gasteiger partial charge in [-0.25, -0.2) is 9.97 Å². The van der Waals surface area contributed by atoms with Gasteiger partial charge in [-0.2, -0.15) is 18.3 Å². The summed E-state index contributed by atoms with van der Waals surface area (Å²) in [5, 5.41) is 17.8. The van der Waals surface area contributed by atoms with Gasteiger partial charge in [-0.1, -0.05) is 6.07 Å². The van der Waals surface area contributed by atoms with Gasteiger partial charge in [0.15, 0.2) is 0 Å². The third kappa shape index (κ3) is 5.33. The molecule has 0 spiro atoms. The summed E-state index contributed by atoms with van der Waals surface area (Å²) < 4.78 is 46.5. The third-order valence-electron chi connectivity index (χ3n) is 5.87. The Kier molecular flexibility index (Phi) is 6.15. The molecule has 33 heavy (non-hydrogen) atoms. The number of anilines is 2. The van der Waals surface area contributed by atoms with Crippen molar-refractivity contribution in [2.75, 3.05) is 11.9 Å². The lowest BCUT2D eigenvalue weighted by molar-refractivity contribution is -0.149. The topological polar surface area (TPSA) is 85.1 Å². The van der Waals surface area contributed by atoms with Crippen LogP contribution in [0.5, 0.6) is 0 Å². The molecule has 4 rings (SSSR count). The summed E-state index contributed by atoms with van der Waals surface area (Å²) in [6, 6.07) is 6.40. The first-order chi connectivity index (χ1) is 15.5. The quantitative estimate of drug-likeness (QED) is 0.578. The van der Waals surface area contributed by atoms with Crippen molar-refractivity contribution < 1.29 is 23.0 Å². The van der Waals surface area contributed by atoms with Gasteiger partial charge < -0.3 is 15.2 Å². The van der Waals surface area contributed by atoms with Gasteiger partial charge in [-0.3, -0.25) is 4.68 Å². The molecular formula is C23H26F3N5O2. The van der Waals surface area contributed by atoms with Crippen LogP contribution in [-0.2, 0) is 17.5 Å². The summed E-state index contributed by atoms with van der Waals surface area (Å²) in [4.78, 5) is 7.46. The Hall–Kier alpha value is -2.98. The van der Waals surface area contributed by atoms with E-state index in [1.807, 2.05) is 33.0 Å². The Labute approximate surface area is 189 Å². The van der Waals surface area contributed by atoms with Crippen molar-refractivity contribution in [1.29, 1.82) is 0 Å². The first-order valence-corrected chi connectivity index (χ1v) is 10.6. The molecule has 0 saturated carbocycles. The molecule has 0 bridgehead atoms. The average molecular weight is 461 g/mol. The van der Waals surface area contributed by atoms with E-state index >= 15 is 0 Å². The fraction of sp³-hybridized carbons (Fsp3) is 0.435.